The topological polar surface area (TPSA) is 30.2 Å². The van der Waals surface area contributed by atoms with Crippen LogP contribution in [-0.4, -0.2) is 14.4 Å². The molecule has 0 saturated carbocycles. The maximum Gasteiger partial charge on any atom is 0.160 e. The Morgan fingerprint density at radius 2 is 0.946 bits per heavy atom. The second-order valence-electron chi connectivity index (χ2n) is 14.5. The molecule has 0 amide bonds. The van der Waals surface area contributed by atoms with Crippen LogP contribution in [0.1, 0.15) is 0 Å². The number of aromatic nitrogens is 3. The summed E-state index contributed by atoms with van der Waals surface area (Å²) in [6.45, 7) is 0. The van der Waals surface area contributed by atoms with Crippen LogP contribution in [0.15, 0.2) is 188 Å². The molecule has 0 spiro atoms. The molecule has 0 aliphatic heterocycles. The highest BCUT2D eigenvalue weighted by molar-refractivity contribution is 7.25. The van der Waals surface area contributed by atoms with Crippen LogP contribution >= 0.6 is 11.3 Å². The highest BCUT2D eigenvalue weighted by Crippen LogP contribution is 2.44. The largest absolute Gasteiger partial charge is 0.308 e. The van der Waals surface area contributed by atoms with E-state index in [0.717, 1.165) is 33.5 Å². The van der Waals surface area contributed by atoms with Gasteiger partial charge < -0.3 is 4.40 Å². The minimum absolute atomic E-state index is 0.736. The molecule has 12 aromatic rings. The normalized spacial score (nSPS) is 11.9. The zero-order valence-electron chi connectivity index (χ0n) is 30.1. The van der Waals surface area contributed by atoms with Gasteiger partial charge in [0.15, 0.2) is 5.82 Å². The standard InChI is InChI=1S/C52H31N3S/c1-3-13-32(14-4-1)49-41-26-23-35(31-46(41)55-45-22-12-10-18-38(45)37-17-7-8-19-39(37)51(49)55)34-24-27-47-42(29-34)43-30-36(25-28-48(43)56-47)52-53-44-21-11-9-20-40(44)50(54-52)33-15-5-2-6-16-33/h1-31H. The molecule has 260 valence electrons. The second-order valence-corrected chi connectivity index (χ2v) is 15.6. The van der Waals surface area contributed by atoms with Gasteiger partial charge in [0.1, 0.15) is 0 Å². The Hall–Kier alpha value is -7.14. The Balaban J connectivity index is 1.06. The molecule has 4 heterocycles. The Labute approximate surface area is 326 Å². The molecule has 3 nitrogen and oxygen atoms in total. The van der Waals surface area contributed by atoms with Crippen LogP contribution in [0.2, 0.25) is 0 Å². The van der Waals surface area contributed by atoms with Gasteiger partial charge in [-0.05, 0) is 70.6 Å². The molecule has 0 atom stereocenters. The zero-order chi connectivity index (χ0) is 36.7. The van der Waals surface area contributed by atoms with Gasteiger partial charge in [0.2, 0.25) is 0 Å². The maximum absolute atomic E-state index is 5.19. The fraction of sp³-hybridized carbons (Fsp3) is 0. The summed E-state index contributed by atoms with van der Waals surface area (Å²) in [5.41, 5.74) is 12.5. The first-order valence-corrected chi connectivity index (χ1v) is 19.8. The van der Waals surface area contributed by atoms with Crippen molar-refractivity contribution in [1.82, 2.24) is 14.4 Å². The average molecular weight is 730 g/mol. The van der Waals surface area contributed by atoms with E-state index in [4.69, 9.17) is 9.97 Å². The Bertz CT molecular complexity index is 3530. The van der Waals surface area contributed by atoms with E-state index in [1.54, 1.807) is 0 Å². The lowest BCUT2D eigenvalue weighted by Gasteiger charge is -2.11. The summed E-state index contributed by atoms with van der Waals surface area (Å²) in [4.78, 5) is 10.3. The number of benzene rings is 8. The van der Waals surface area contributed by atoms with Gasteiger partial charge in [-0.25, -0.2) is 9.97 Å². The van der Waals surface area contributed by atoms with E-state index in [2.05, 4.69) is 180 Å². The summed E-state index contributed by atoms with van der Waals surface area (Å²) in [7, 11) is 0. The molecule has 0 aliphatic carbocycles. The predicted octanol–water partition coefficient (Wildman–Crippen LogP) is 14.4. The molecule has 8 aromatic carbocycles. The third kappa shape index (κ3) is 4.70. The van der Waals surface area contributed by atoms with Crippen LogP contribution in [0, 0.1) is 0 Å². The molecule has 0 fully saturated rings. The molecular formula is C52H31N3S. The van der Waals surface area contributed by atoms with Gasteiger partial charge in [-0.3, -0.25) is 0 Å². The van der Waals surface area contributed by atoms with Crippen molar-refractivity contribution in [2.45, 2.75) is 0 Å². The summed E-state index contributed by atoms with van der Waals surface area (Å²) < 4.78 is 5.02. The highest BCUT2D eigenvalue weighted by Gasteiger charge is 2.20. The first kappa shape index (κ1) is 31.2. The van der Waals surface area contributed by atoms with Crippen molar-refractivity contribution in [3.05, 3.63) is 188 Å². The molecule has 0 radical (unpaired) electrons. The van der Waals surface area contributed by atoms with Crippen LogP contribution in [0.25, 0.3) is 114 Å². The number of para-hydroxylation sites is 2. The van der Waals surface area contributed by atoms with Gasteiger partial charge in [0, 0.05) is 58.4 Å². The van der Waals surface area contributed by atoms with Crippen LogP contribution < -0.4 is 0 Å². The summed E-state index contributed by atoms with van der Waals surface area (Å²) >= 11 is 1.83. The molecule has 56 heavy (non-hydrogen) atoms. The van der Waals surface area contributed by atoms with E-state index in [0.29, 0.717) is 0 Å². The number of hydrogen-bond donors (Lipinski definition) is 0. The maximum atomic E-state index is 5.19. The number of rotatable bonds is 4. The van der Waals surface area contributed by atoms with Crippen LogP contribution in [0.3, 0.4) is 0 Å². The third-order valence-electron chi connectivity index (χ3n) is 11.4. The smallest absolute Gasteiger partial charge is 0.160 e. The van der Waals surface area contributed by atoms with Gasteiger partial charge in [0.25, 0.3) is 0 Å². The first-order chi connectivity index (χ1) is 27.8. The van der Waals surface area contributed by atoms with Gasteiger partial charge in [-0.1, -0.05) is 140 Å². The quantitative estimate of drug-likeness (QED) is 0.169. The lowest BCUT2D eigenvalue weighted by Crippen LogP contribution is -1.95. The van der Waals surface area contributed by atoms with E-state index in [-0.39, 0.29) is 0 Å². The second kappa shape index (κ2) is 12.2. The lowest BCUT2D eigenvalue weighted by molar-refractivity contribution is 1.23. The minimum atomic E-state index is 0.736. The van der Waals surface area contributed by atoms with E-state index < -0.39 is 0 Å². The molecule has 0 bridgehead atoms. The number of hydrogen-bond acceptors (Lipinski definition) is 3. The van der Waals surface area contributed by atoms with Crippen molar-refractivity contribution in [1.29, 1.82) is 0 Å². The van der Waals surface area contributed by atoms with E-state index in [1.807, 2.05) is 23.5 Å². The lowest BCUT2D eigenvalue weighted by atomic mass is 9.97. The van der Waals surface area contributed by atoms with E-state index in [9.17, 15) is 0 Å². The predicted molar refractivity (Wildman–Crippen MR) is 238 cm³/mol. The molecule has 4 heteroatoms. The molecule has 0 N–H and O–H groups in total. The summed E-state index contributed by atoms with van der Waals surface area (Å²) in [5, 5.41) is 8.56. The van der Waals surface area contributed by atoms with Crippen molar-refractivity contribution >= 4 is 80.5 Å². The van der Waals surface area contributed by atoms with Gasteiger partial charge in [0.05, 0.1) is 27.8 Å². The summed E-state index contributed by atoms with van der Waals surface area (Å²) in [5.74, 6) is 0.736. The van der Waals surface area contributed by atoms with Crippen molar-refractivity contribution in [3.63, 3.8) is 0 Å². The van der Waals surface area contributed by atoms with Crippen molar-refractivity contribution in [3.8, 4) is 44.9 Å². The summed E-state index contributed by atoms with van der Waals surface area (Å²) in [6.07, 6.45) is 0. The SMILES string of the molecule is c1ccc(-c2nc(-c3ccc4sc5ccc(-c6ccc7c(-c8ccccc8)c8c9ccccc9c9ccccc9n8c7c6)cc5c4c3)nc3ccccc23)cc1. The average Bonchev–Trinajstić information content (AvgIpc) is 3.82. The molecule has 0 aliphatic rings. The van der Waals surface area contributed by atoms with Crippen LogP contribution in [0.4, 0.5) is 0 Å². The highest BCUT2D eigenvalue weighted by atomic mass is 32.1. The molecule has 12 rings (SSSR count). The number of thiophene rings is 1. The van der Waals surface area contributed by atoms with Crippen LogP contribution in [0.5, 0.6) is 0 Å². The number of pyridine rings is 1. The van der Waals surface area contributed by atoms with Gasteiger partial charge >= 0.3 is 0 Å². The van der Waals surface area contributed by atoms with Crippen LogP contribution in [-0.2, 0) is 0 Å². The van der Waals surface area contributed by atoms with Gasteiger partial charge in [-0.2, -0.15) is 0 Å². The fourth-order valence-electron chi connectivity index (χ4n) is 8.81. The van der Waals surface area contributed by atoms with Crippen molar-refractivity contribution < 1.29 is 0 Å². The van der Waals surface area contributed by atoms with E-state index >= 15 is 0 Å². The van der Waals surface area contributed by atoms with Crippen molar-refractivity contribution in [2.75, 3.05) is 0 Å². The van der Waals surface area contributed by atoms with Gasteiger partial charge in [-0.15, -0.1) is 11.3 Å². The fourth-order valence-corrected chi connectivity index (χ4v) is 9.88. The third-order valence-corrected chi connectivity index (χ3v) is 12.5. The first-order valence-electron chi connectivity index (χ1n) is 19.0. The molecule has 0 saturated heterocycles. The molecular weight excluding hydrogens is 699 g/mol. The minimum Gasteiger partial charge on any atom is -0.308 e. The zero-order valence-corrected chi connectivity index (χ0v) is 31.0. The summed E-state index contributed by atoms with van der Waals surface area (Å²) in [6, 6.07) is 67.9. The molecule has 4 aromatic heterocycles. The Morgan fingerprint density at radius 1 is 0.357 bits per heavy atom. The Kier molecular flexibility index (Phi) is 6.80. The molecule has 0 unspecified atom stereocenters. The monoisotopic (exact) mass is 729 g/mol. The van der Waals surface area contributed by atoms with Crippen molar-refractivity contribution in [2.24, 2.45) is 0 Å². The van der Waals surface area contributed by atoms with E-state index in [1.165, 1.54) is 80.5 Å². The number of nitrogens with zero attached hydrogens (tertiary/aromatic N) is 3. The Morgan fingerprint density at radius 3 is 1.73 bits per heavy atom. The number of fused-ring (bicyclic) bond motifs is 12.